The molecule has 25 heavy (non-hydrogen) atoms. The van der Waals surface area contributed by atoms with Gasteiger partial charge in [-0.05, 0) is 44.4 Å². The Hall–Kier alpha value is -1.08. The van der Waals surface area contributed by atoms with Crippen LogP contribution in [0.4, 0.5) is 0 Å². The minimum absolute atomic E-state index is 0.0204. The molecule has 0 N–H and O–H groups in total. The highest BCUT2D eigenvalue weighted by Gasteiger charge is 2.18. The zero-order valence-electron chi connectivity index (χ0n) is 14.4. The van der Waals surface area contributed by atoms with Gasteiger partial charge in [0.1, 0.15) is 0 Å². The molecule has 1 aliphatic rings. The van der Waals surface area contributed by atoms with Crippen LogP contribution in [0.2, 0.25) is 5.02 Å². The molecule has 136 valence electrons. The van der Waals surface area contributed by atoms with Gasteiger partial charge in [-0.1, -0.05) is 23.4 Å². The molecule has 5 nitrogen and oxygen atoms in total. The highest BCUT2D eigenvalue weighted by atomic mass is 35.5. The average Bonchev–Trinajstić information content (AvgIpc) is 3.12. The summed E-state index contributed by atoms with van der Waals surface area (Å²) in [4.78, 5) is 17.6. The van der Waals surface area contributed by atoms with Crippen LogP contribution >= 0.6 is 23.4 Å². The molecule has 7 heteroatoms. The number of ether oxygens (including phenoxy) is 2. The zero-order valence-corrected chi connectivity index (χ0v) is 15.9. The number of halogens is 1. The molecule has 1 saturated heterocycles. The van der Waals surface area contributed by atoms with Gasteiger partial charge < -0.3 is 9.47 Å². The van der Waals surface area contributed by atoms with Crippen LogP contribution in [-0.4, -0.2) is 41.2 Å². The third kappa shape index (κ3) is 4.76. The van der Waals surface area contributed by atoms with Crippen LogP contribution in [0.3, 0.4) is 0 Å². The zero-order chi connectivity index (χ0) is 17.6. The van der Waals surface area contributed by atoms with E-state index in [1.54, 1.807) is 34.5 Å². The van der Waals surface area contributed by atoms with Crippen LogP contribution in [0.15, 0.2) is 28.2 Å². The van der Waals surface area contributed by atoms with E-state index in [9.17, 15) is 4.79 Å². The first-order chi connectivity index (χ1) is 12.2. The van der Waals surface area contributed by atoms with Gasteiger partial charge in [-0.2, -0.15) is 0 Å². The van der Waals surface area contributed by atoms with Gasteiger partial charge in [-0.3, -0.25) is 9.36 Å². The van der Waals surface area contributed by atoms with Crippen molar-refractivity contribution in [2.45, 2.75) is 44.0 Å². The molecule has 1 atom stereocenters. The molecule has 0 saturated carbocycles. The fourth-order valence-electron chi connectivity index (χ4n) is 2.89. The smallest absolute Gasteiger partial charge is 0.262 e. The van der Waals surface area contributed by atoms with Crippen LogP contribution in [0.25, 0.3) is 10.9 Å². The third-order valence-corrected chi connectivity index (χ3v) is 5.52. The van der Waals surface area contributed by atoms with Crippen LogP contribution in [0.1, 0.15) is 26.2 Å². The van der Waals surface area contributed by atoms with Gasteiger partial charge in [-0.15, -0.1) is 0 Å². The molecule has 2 aromatic rings. The second kappa shape index (κ2) is 9.03. The van der Waals surface area contributed by atoms with E-state index in [-0.39, 0.29) is 11.7 Å². The van der Waals surface area contributed by atoms with Gasteiger partial charge in [0, 0.05) is 37.1 Å². The Morgan fingerprint density at radius 1 is 1.48 bits per heavy atom. The minimum atomic E-state index is -0.0204. The lowest BCUT2D eigenvalue weighted by molar-refractivity contribution is 0.128. The van der Waals surface area contributed by atoms with Crippen molar-refractivity contribution in [3.63, 3.8) is 0 Å². The van der Waals surface area contributed by atoms with Gasteiger partial charge in [0.2, 0.25) is 0 Å². The summed E-state index contributed by atoms with van der Waals surface area (Å²) in [7, 11) is 0. The Labute approximate surface area is 156 Å². The number of fused-ring (bicyclic) bond motifs is 1. The van der Waals surface area contributed by atoms with E-state index in [0.717, 1.165) is 36.8 Å². The normalized spacial score (nSPS) is 17.4. The fourth-order valence-corrected chi connectivity index (χ4v) is 4.15. The molecular formula is C18H23ClN2O3S. The summed E-state index contributed by atoms with van der Waals surface area (Å²) < 4.78 is 12.8. The lowest BCUT2D eigenvalue weighted by Gasteiger charge is -2.15. The first-order valence-corrected chi connectivity index (χ1v) is 10.1. The highest BCUT2D eigenvalue weighted by molar-refractivity contribution is 7.99. The standard InChI is InChI=1S/C18H23ClN2O3S/c1-2-23-9-4-8-21-17(22)15-7-6-13(19)11-16(15)20-18(21)25-12-14-5-3-10-24-14/h6-7,11,14H,2-5,8-10,12H2,1H3. The summed E-state index contributed by atoms with van der Waals surface area (Å²) >= 11 is 7.66. The summed E-state index contributed by atoms with van der Waals surface area (Å²) in [6.45, 7) is 4.71. The van der Waals surface area contributed by atoms with Crippen molar-refractivity contribution < 1.29 is 9.47 Å². The first-order valence-electron chi connectivity index (χ1n) is 8.71. The van der Waals surface area contributed by atoms with Gasteiger partial charge in [0.15, 0.2) is 5.16 Å². The molecule has 1 unspecified atom stereocenters. The Kier molecular flexibility index (Phi) is 6.76. The summed E-state index contributed by atoms with van der Waals surface area (Å²) in [5.41, 5.74) is 0.626. The number of nitrogens with zero attached hydrogens (tertiary/aromatic N) is 2. The molecule has 3 rings (SSSR count). The number of hydrogen-bond donors (Lipinski definition) is 0. The van der Waals surface area contributed by atoms with E-state index < -0.39 is 0 Å². The van der Waals surface area contributed by atoms with Gasteiger partial charge in [0.25, 0.3) is 5.56 Å². The Morgan fingerprint density at radius 3 is 3.12 bits per heavy atom. The predicted octanol–water partition coefficient (Wildman–Crippen LogP) is 3.75. The van der Waals surface area contributed by atoms with Crippen LogP contribution in [0, 0.1) is 0 Å². The molecule has 0 amide bonds. The summed E-state index contributed by atoms with van der Waals surface area (Å²) in [6, 6.07) is 5.23. The molecule has 0 aliphatic carbocycles. The highest BCUT2D eigenvalue weighted by Crippen LogP contribution is 2.24. The number of rotatable bonds is 8. The third-order valence-electron chi connectivity index (χ3n) is 4.18. The quantitative estimate of drug-likeness (QED) is 0.395. The molecule has 2 heterocycles. The second-order valence-corrected chi connectivity index (χ2v) is 7.43. The maximum atomic E-state index is 12.9. The Bertz CT molecular complexity index is 775. The fraction of sp³-hybridized carbons (Fsp3) is 0.556. The molecule has 0 radical (unpaired) electrons. The van der Waals surface area contributed by atoms with E-state index in [0.29, 0.717) is 35.7 Å². The number of thioether (sulfide) groups is 1. The van der Waals surface area contributed by atoms with Crippen molar-refractivity contribution >= 4 is 34.3 Å². The van der Waals surface area contributed by atoms with Crippen molar-refractivity contribution in [1.29, 1.82) is 0 Å². The van der Waals surface area contributed by atoms with E-state index in [4.69, 9.17) is 26.1 Å². The topological polar surface area (TPSA) is 53.4 Å². The molecule has 0 bridgehead atoms. The summed E-state index contributed by atoms with van der Waals surface area (Å²) in [5.74, 6) is 0.809. The number of aromatic nitrogens is 2. The van der Waals surface area contributed by atoms with Crippen molar-refractivity contribution in [2.24, 2.45) is 0 Å². The largest absolute Gasteiger partial charge is 0.382 e. The molecule has 1 aromatic carbocycles. The van der Waals surface area contributed by atoms with Gasteiger partial charge in [0.05, 0.1) is 17.0 Å². The van der Waals surface area contributed by atoms with Crippen LogP contribution in [0.5, 0.6) is 0 Å². The average molecular weight is 383 g/mol. The molecule has 1 fully saturated rings. The van der Waals surface area contributed by atoms with Gasteiger partial charge >= 0.3 is 0 Å². The SMILES string of the molecule is CCOCCCn1c(SCC2CCCO2)nc2cc(Cl)ccc2c1=O. The van der Waals surface area contributed by atoms with Crippen LogP contribution < -0.4 is 5.56 Å². The monoisotopic (exact) mass is 382 g/mol. The maximum absolute atomic E-state index is 12.9. The van der Waals surface area contributed by atoms with Crippen molar-refractivity contribution in [3.05, 3.63) is 33.6 Å². The Morgan fingerprint density at radius 2 is 2.36 bits per heavy atom. The Balaban J connectivity index is 1.87. The first kappa shape index (κ1) is 18.7. The molecule has 1 aromatic heterocycles. The molecular weight excluding hydrogens is 360 g/mol. The van der Waals surface area contributed by atoms with E-state index >= 15 is 0 Å². The lowest BCUT2D eigenvalue weighted by atomic mass is 10.2. The molecule has 0 spiro atoms. The summed E-state index contributed by atoms with van der Waals surface area (Å²) in [5, 5.41) is 1.91. The van der Waals surface area contributed by atoms with Crippen LogP contribution in [-0.2, 0) is 16.0 Å². The van der Waals surface area contributed by atoms with E-state index in [1.807, 2.05) is 6.92 Å². The summed E-state index contributed by atoms with van der Waals surface area (Å²) in [6.07, 6.45) is 3.20. The molecule has 1 aliphatic heterocycles. The number of benzene rings is 1. The number of hydrogen-bond acceptors (Lipinski definition) is 5. The van der Waals surface area contributed by atoms with E-state index in [2.05, 4.69) is 0 Å². The van der Waals surface area contributed by atoms with Crippen molar-refractivity contribution in [2.75, 3.05) is 25.6 Å². The maximum Gasteiger partial charge on any atom is 0.262 e. The van der Waals surface area contributed by atoms with Gasteiger partial charge in [-0.25, -0.2) is 4.98 Å². The van der Waals surface area contributed by atoms with Crippen molar-refractivity contribution in [3.8, 4) is 0 Å². The predicted molar refractivity (Wildman–Crippen MR) is 102 cm³/mol. The minimum Gasteiger partial charge on any atom is -0.382 e. The van der Waals surface area contributed by atoms with Crippen molar-refractivity contribution in [1.82, 2.24) is 9.55 Å². The second-order valence-electron chi connectivity index (χ2n) is 6.01. The van der Waals surface area contributed by atoms with E-state index in [1.165, 1.54) is 0 Å². The lowest BCUT2D eigenvalue weighted by Crippen LogP contribution is -2.24.